The summed E-state index contributed by atoms with van der Waals surface area (Å²) in [5, 5.41) is 6.41. The molecular formula is C22H37IN4O2. The van der Waals surface area contributed by atoms with E-state index in [2.05, 4.69) is 34.5 Å². The molecular weight excluding hydrogens is 479 g/mol. The maximum absolute atomic E-state index is 12.2. The number of aliphatic imine (C=N–C) groups is 1. The molecule has 0 aromatic heterocycles. The van der Waals surface area contributed by atoms with Crippen molar-refractivity contribution in [2.24, 2.45) is 10.9 Å². The van der Waals surface area contributed by atoms with Crippen LogP contribution in [0.2, 0.25) is 0 Å². The Balaban J connectivity index is 0.00000420. The van der Waals surface area contributed by atoms with Crippen LogP contribution in [-0.2, 0) is 11.3 Å². The van der Waals surface area contributed by atoms with E-state index in [0.717, 1.165) is 56.5 Å². The first kappa shape index (κ1) is 25.7. The van der Waals surface area contributed by atoms with Crippen molar-refractivity contribution in [1.29, 1.82) is 0 Å². The number of nitrogens with one attached hydrogen (secondary N) is 2. The summed E-state index contributed by atoms with van der Waals surface area (Å²) in [7, 11) is 3.90. The van der Waals surface area contributed by atoms with Gasteiger partial charge in [-0.15, -0.1) is 24.0 Å². The van der Waals surface area contributed by atoms with Crippen molar-refractivity contribution in [3.05, 3.63) is 35.4 Å². The number of amides is 1. The summed E-state index contributed by atoms with van der Waals surface area (Å²) < 4.78 is 5.44. The molecule has 0 radical (unpaired) electrons. The molecule has 1 heterocycles. The number of halogens is 1. The average Bonchev–Trinajstić information content (AvgIpc) is 2.73. The molecule has 1 unspecified atom stereocenters. The van der Waals surface area contributed by atoms with Crippen LogP contribution < -0.4 is 10.6 Å². The number of hydrogen-bond acceptors (Lipinski definition) is 3. The van der Waals surface area contributed by atoms with Crippen LogP contribution in [0.4, 0.5) is 0 Å². The lowest BCUT2D eigenvalue weighted by molar-refractivity contribution is 0.0625. The standard InChI is InChI=1S/C22H36N4O2.HI/c1-5-17(2)25-21(27)20-8-6-19(7-9-20)16-24-22(23-3)26(4)13-10-18-11-14-28-15-12-18;/h6-9,17-18H,5,10-16H2,1-4H3,(H,23,24)(H,25,27);1H. The van der Waals surface area contributed by atoms with Crippen molar-refractivity contribution >= 4 is 35.8 Å². The average molecular weight is 516 g/mol. The molecule has 2 rings (SSSR count). The Labute approximate surface area is 192 Å². The smallest absolute Gasteiger partial charge is 0.251 e. The number of rotatable bonds is 8. The van der Waals surface area contributed by atoms with Gasteiger partial charge in [-0.05, 0) is 56.2 Å². The summed E-state index contributed by atoms with van der Waals surface area (Å²) in [6.07, 6.45) is 4.42. The largest absolute Gasteiger partial charge is 0.381 e. The zero-order valence-electron chi connectivity index (χ0n) is 18.2. The highest BCUT2D eigenvalue weighted by molar-refractivity contribution is 14.0. The number of carbonyl (C=O) groups is 1. The molecule has 1 aromatic rings. The Kier molecular flexibility index (Phi) is 12.2. The molecule has 1 aromatic carbocycles. The normalized spacial score (nSPS) is 15.9. The van der Waals surface area contributed by atoms with Gasteiger partial charge in [-0.25, -0.2) is 0 Å². The number of nitrogens with zero attached hydrogens (tertiary/aromatic N) is 2. The molecule has 164 valence electrons. The zero-order valence-corrected chi connectivity index (χ0v) is 20.6. The highest BCUT2D eigenvalue weighted by Gasteiger charge is 2.15. The lowest BCUT2D eigenvalue weighted by Crippen LogP contribution is -2.39. The third-order valence-corrected chi connectivity index (χ3v) is 5.44. The van der Waals surface area contributed by atoms with Gasteiger partial charge >= 0.3 is 0 Å². The van der Waals surface area contributed by atoms with Crippen molar-refractivity contribution in [2.45, 2.75) is 52.1 Å². The van der Waals surface area contributed by atoms with Crippen molar-refractivity contribution in [2.75, 3.05) is 33.9 Å². The van der Waals surface area contributed by atoms with Crippen LogP contribution in [-0.4, -0.2) is 56.7 Å². The number of benzene rings is 1. The van der Waals surface area contributed by atoms with Gasteiger partial charge in [0.2, 0.25) is 0 Å². The number of guanidine groups is 1. The van der Waals surface area contributed by atoms with E-state index < -0.39 is 0 Å². The fourth-order valence-corrected chi connectivity index (χ4v) is 3.27. The lowest BCUT2D eigenvalue weighted by atomic mass is 9.96. The Hall–Kier alpha value is -1.35. The first-order chi connectivity index (χ1) is 13.5. The Morgan fingerprint density at radius 3 is 2.52 bits per heavy atom. The minimum Gasteiger partial charge on any atom is -0.381 e. The third kappa shape index (κ3) is 8.90. The number of hydrogen-bond donors (Lipinski definition) is 2. The van der Waals surface area contributed by atoms with Gasteiger partial charge < -0.3 is 20.3 Å². The second kappa shape index (κ2) is 13.8. The molecule has 0 bridgehead atoms. The predicted molar refractivity (Wildman–Crippen MR) is 130 cm³/mol. The van der Waals surface area contributed by atoms with E-state index in [9.17, 15) is 4.79 Å². The maximum atomic E-state index is 12.2. The molecule has 2 N–H and O–H groups in total. The van der Waals surface area contributed by atoms with E-state index in [4.69, 9.17) is 4.74 Å². The molecule has 1 aliphatic heterocycles. The van der Waals surface area contributed by atoms with Gasteiger partial charge in [-0.1, -0.05) is 19.1 Å². The van der Waals surface area contributed by atoms with E-state index in [0.29, 0.717) is 12.1 Å². The minimum atomic E-state index is -0.0162. The molecule has 1 amide bonds. The van der Waals surface area contributed by atoms with Crippen LogP contribution in [0.15, 0.2) is 29.3 Å². The van der Waals surface area contributed by atoms with E-state index in [1.54, 1.807) is 0 Å². The summed E-state index contributed by atoms with van der Waals surface area (Å²) in [5.41, 5.74) is 1.82. The fraction of sp³-hybridized carbons (Fsp3) is 0.636. The van der Waals surface area contributed by atoms with Gasteiger partial charge in [0, 0.05) is 52.0 Å². The number of carbonyl (C=O) groups excluding carboxylic acids is 1. The second-order valence-electron chi connectivity index (χ2n) is 7.65. The van der Waals surface area contributed by atoms with Gasteiger partial charge in [0.1, 0.15) is 0 Å². The molecule has 1 saturated heterocycles. The van der Waals surface area contributed by atoms with Gasteiger partial charge in [0.25, 0.3) is 5.91 Å². The molecule has 0 saturated carbocycles. The highest BCUT2D eigenvalue weighted by Crippen LogP contribution is 2.18. The maximum Gasteiger partial charge on any atom is 0.251 e. The van der Waals surface area contributed by atoms with E-state index in [-0.39, 0.29) is 35.9 Å². The van der Waals surface area contributed by atoms with Gasteiger partial charge in [-0.2, -0.15) is 0 Å². The van der Waals surface area contributed by atoms with Crippen molar-refractivity contribution in [3.63, 3.8) is 0 Å². The quantitative estimate of drug-likeness (QED) is 0.315. The fourth-order valence-electron chi connectivity index (χ4n) is 3.27. The van der Waals surface area contributed by atoms with E-state index in [1.165, 1.54) is 6.42 Å². The van der Waals surface area contributed by atoms with Crippen LogP contribution in [0.5, 0.6) is 0 Å². The van der Waals surface area contributed by atoms with Gasteiger partial charge in [-0.3, -0.25) is 9.79 Å². The first-order valence-electron chi connectivity index (χ1n) is 10.4. The van der Waals surface area contributed by atoms with Crippen LogP contribution in [0.3, 0.4) is 0 Å². The molecule has 1 atom stereocenters. The lowest BCUT2D eigenvalue weighted by Gasteiger charge is -2.26. The molecule has 0 spiro atoms. The van der Waals surface area contributed by atoms with Gasteiger partial charge in [0.15, 0.2) is 5.96 Å². The third-order valence-electron chi connectivity index (χ3n) is 5.44. The monoisotopic (exact) mass is 516 g/mol. The van der Waals surface area contributed by atoms with Crippen LogP contribution >= 0.6 is 24.0 Å². The minimum absolute atomic E-state index is 0. The summed E-state index contributed by atoms with van der Waals surface area (Å²) in [6, 6.07) is 7.94. The molecule has 1 aliphatic rings. The highest BCUT2D eigenvalue weighted by atomic mass is 127. The molecule has 1 fully saturated rings. The van der Waals surface area contributed by atoms with Crippen molar-refractivity contribution < 1.29 is 9.53 Å². The predicted octanol–water partition coefficient (Wildman–Crippen LogP) is 3.66. The summed E-state index contributed by atoms with van der Waals surface area (Å²) in [4.78, 5) is 18.8. The molecule has 6 nitrogen and oxygen atoms in total. The Morgan fingerprint density at radius 1 is 1.28 bits per heavy atom. The Morgan fingerprint density at radius 2 is 1.93 bits per heavy atom. The van der Waals surface area contributed by atoms with E-state index >= 15 is 0 Å². The van der Waals surface area contributed by atoms with Gasteiger partial charge in [0.05, 0.1) is 0 Å². The molecule has 29 heavy (non-hydrogen) atoms. The van der Waals surface area contributed by atoms with Crippen LogP contribution in [0.25, 0.3) is 0 Å². The van der Waals surface area contributed by atoms with Crippen molar-refractivity contribution in [3.8, 4) is 0 Å². The van der Waals surface area contributed by atoms with Crippen molar-refractivity contribution in [1.82, 2.24) is 15.5 Å². The Bertz CT molecular complexity index is 630. The topological polar surface area (TPSA) is 66.0 Å². The summed E-state index contributed by atoms with van der Waals surface area (Å²) in [5.74, 6) is 1.63. The first-order valence-corrected chi connectivity index (χ1v) is 10.4. The van der Waals surface area contributed by atoms with Crippen LogP contribution in [0, 0.1) is 5.92 Å². The van der Waals surface area contributed by atoms with Crippen LogP contribution in [0.1, 0.15) is 55.5 Å². The SMILES string of the molecule is CCC(C)NC(=O)c1ccc(CNC(=NC)N(C)CCC2CCOCC2)cc1.I. The molecule has 0 aliphatic carbocycles. The summed E-state index contributed by atoms with van der Waals surface area (Å²) >= 11 is 0. The summed E-state index contributed by atoms with van der Waals surface area (Å²) in [6.45, 7) is 7.54. The second-order valence-corrected chi connectivity index (χ2v) is 7.65. The van der Waals surface area contributed by atoms with E-state index in [1.807, 2.05) is 38.2 Å². The number of ether oxygens (including phenoxy) is 1. The molecule has 7 heteroatoms. The zero-order chi connectivity index (χ0) is 20.4.